The standard InChI is InChI=1S/C14H14ClNO5/c1-19-5-4-16-13(17)8-20-14(18)12-7-9-6-10(15)2-3-11(9)21-12/h2-3,6-7H,4-5,8H2,1H3,(H,16,17). The molecule has 0 unspecified atom stereocenters. The van der Waals surface area contributed by atoms with Crippen LogP contribution in [0.15, 0.2) is 28.7 Å². The van der Waals surface area contributed by atoms with Crippen molar-refractivity contribution < 1.29 is 23.5 Å². The zero-order valence-corrected chi connectivity index (χ0v) is 12.1. The highest BCUT2D eigenvalue weighted by Crippen LogP contribution is 2.23. The van der Waals surface area contributed by atoms with Crippen molar-refractivity contribution in [1.29, 1.82) is 0 Å². The number of esters is 1. The molecule has 2 rings (SSSR count). The average Bonchev–Trinajstić information content (AvgIpc) is 2.88. The fraction of sp³-hybridized carbons (Fsp3) is 0.286. The summed E-state index contributed by atoms with van der Waals surface area (Å²) >= 11 is 5.85. The van der Waals surface area contributed by atoms with Gasteiger partial charge < -0.3 is 19.2 Å². The molecule has 21 heavy (non-hydrogen) atoms. The Morgan fingerprint density at radius 1 is 1.33 bits per heavy atom. The lowest BCUT2D eigenvalue weighted by atomic mass is 10.2. The van der Waals surface area contributed by atoms with Gasteiger partial charge in [-0.15, -0.1) is 0 Å². The maximum Gasteiger partial charge on any atom is 0.374 e. The van der Waals surface area contributed by atoms with Gasteiger partial charge in [0.1, 0.15) is 5.58 Å². The smallest absolute Gasteiger partial charge is 0.374 e. The topological polar surface area (TPSA) is 77.8 Å². The lowest BCUT2D eigenvalue weighted by Gasteiger charge is -2.04. The van der Waals surface area contributed by atoms with Crippen LogP contribution in [0.1, 0.15) is 10.6 Å². The normalized spacial score (nSPS) is 10.6. The maximum atomic E-state index is 11.8. The number of rotatable bonds is 6. The van der Waals surface area contributed by atoms with Crippen LogP contribution in [0.25, 0.3) is 11.0 Å². The molecule has 7 heteroatoms. The number of ether oxygens (including phenoxy) is 2. The highest BCUT2D eigenvalue weighted by molar-refractivity contribution is 6.31. The Hall–Kier alpha value is -2.05. The van der Waals surface area contributed by atoms with Gasteiger partial charge in [0.25, 0.3) is 5.91 Å². The molecule has 0 radical (unpaired) electrons. The zero-order chi connectivity index (χ0) is 15.2. The third kappa shape index (κ3) is 4.21. The van der Waals surface area contributed by atoms with Crippen LogP contribution in [-0.4, -0.2) is 38.7 Å². The first-order valence-corrected chi connectivity index (χ1v) is 6.60. The summed E-state index contributed by atoms with van der Waals surface area (Å²) in [5.74, 6) is -1.08. The predicted octanol–water partition coefficient (Wildman–Crippen LogP) is 2.01. The number of furan rings is 1. The summed E-state index contributed by atoms with van der Waals surface area (Å²) in [7, 11) is 1.53. The van der Waals surface area contributed by atoms with Crippen molar-refractivity contribution in [3.63, 3.8) is 0 Å². The molecule has 0 saturated carbocycles. The Labute approximate surface area is 126 Å². The number of halogens is 1. The van der Waals surface area contributed by atoms with Crippen molar-refractivity contribution in [2.45, 2.75) is 0 Å². The number of fused-ring (bicyclic) bond motifs is 1. The Kier molecular flexibility index (Phi) is 5.19. The van der Waals surface area contributed by atoms with Gasteiger partial charge >= 0.3 is 5.97 Å². The molecule has 0 aliphatic heterocycles. The van der Waals surface area contributed by atoms with E-state index in [1.807, 2.05) is 0 Å². The maximum absolute atomic E-state index is 11.8. The van der Waals surface area contributed by atoms with Crippen LogP contribution >= 0.6 is 11.6 Å². The summed E-state index contributed by atoms with van der Waals surface area (Å²) in [6.45, 7) is 0.375. The number of carbonyl (C=O) groups is 2. The van der Waals surface area contributed by atoms with Crippen molar-refractivity contribution in [2.24, 2.45) is 0 Å². The van der Waals surface area contributed by atoms with Crippen LogP contribution in [0.4, 0.5) is 0 Å². The molecule has 0 bridgehead atoms. The molecule has 0 saturated heterocycles. The molecule has 1 amide bonds. The van der Waals surface area contributed by atoms with Gasteiger partial charge in [0, 0.05) is 24.1 Å². The van der Waals surface area contributed by atoms with Crippen molar-refractivity contribution >= 4 is 34.4 Å². The SMILES string of the molecule is COCCNC(=O)COC(=O)c1cc2cc(Cl)ccc2o1. The van der Waals surface area contributed by atoms with E-state index in [0.717, 1.165) is 0 Å². The third-order valence-corrected chi connectivity index (χ3v) is 2.88. The minimum atomic E-state index is -0.704. The molecule has 2 aromatic rings. The molecule has 6 nitrogen and oxygen atoms in total. The zero-order valence-electron chi connectivity index (χ0n) is 11.3. The van der Waals surface area contributed by atoms with Crippen LogP contribution < -0.4 is 5.32 Å². The van der Waals surface area contributed by atoms with Crippen LogP contribution in [-0.2, 0) is 14.3 Å². The van der Waals surface area contributed by atoms with Gasteiger partial charge in [-0.25, -0.2) is 4.79 Å². The van der Waals surface area contributed by atoms with Crippen LogP contribution in [0.5, 0.6) is 0 Å². The minimum absolute atomic E-state index is 0.0250. The van der Waals surface area contributed by atoms with Gasteiger partial charge in [-0.05, 0) is 24.3 Å². The second kappa shape index (κ2) is 7.10. The van der Waals surface area contributed by atoms with E-state index in [1.54, 1.807) is 18.2 Å². The summed E-state index contributed by atoms with van der Waals surface area (Å²) in [6, 6.07) is 6.51. The summed E-state index contributed by atoms with van der Waals surface area (Å²) in [4.78, 5) is 23.2. The Morgan fingerprint density at radius 2 is 2.14 bits per heavy atom. The first kappa shape index (κ1) is 15.3. The summed E-state index contributed by atoms with van der Waals surface area (Å²) in [5.41, 5.74) is 0.524. The van der Waals surface area contributed by atoms with Crippen LogP contribution in [0, 0.1) is 0 Å². The van der Waals surface area contributed by atoms with Crippen molar-refractivity contribution in [2.75, 3.05) is 26.9 Å². The first-order valence-electron chi connectivity index (χ1n) is 6.22. The molecule has 1 aromatic carbocycles. The largest absolute Gasteiger partial charge is 0.450 e. The van der Waals surface area contributed by atoms with Crippen molar-refractivity contribution in [3.8, 4) is 0 Å². The van der Waals surface area contributed by atoms with Gasteiger partial charge in [-0.3, -0.25) is 4.79 Å². The molecule has 0 atom stereocenters. The summed E-state index contributed by atoms with van der Waals surface area (Å²) < 4.78 is 15.0. The molecule has 1 N–H and O–H groups in total. The molecule has 1 aromatic heterocycles. The number of benzene rings is 1. The fourth-order valence-electron chi connectivity index (χ4n) is 1.66. The first-order chi connectivity index (χ1) is 10.1. The third-order valence-electron chi connectivity index (χ3n) is 2.64. The highest BCUT2D eigenvalue weighted by atomic mass is 35.5. The van der Waals surface area contributed by atoms with Gasteiger partial charge in [0.2, 0.25) is 5.76 Å². The van der Waals surface area contributed by atoms with E-state index >= 15 is 0 Å². The number of carbonyl (C=O) groups excluding carboxylic acids is 2. The molecule has 0 aliphatic carbocycles. The van der Waals surface area contributed by atoms with E-state index < -0.39 is 11.9 Å². The quantitative estimate of drug-likeness (QED) is 0.652. The van der Waals surface area contributed by atoms with Gasteiger partial charge in [-0.2, -0.15) is 0 Å². The summed E-state index contributed by atoms with van der Waals surface area (Å²) in [6.07, 6.45) is 0. The summed E-state index contributed by atoms with van der Waals surface area (Å²) in [5, 5.41) is 3.77. The van der Waals surface area contributed by atoms with Gasteiger partial charge in [0.05, 0.1) is 6.61 Å². The number of amides is 1. The molecule has 0 aliphatic rings. The minimum Gasteiger partial charge on any atom is -0.450 e. The Morgan fingerprint density at radius 3 is 2.90 bits per heavy atom. The number of methoxy groups -OCH3 is 1. The lowest BCUT2D eigenvalue weighted by Crippen LogP contribution is -2.31. The molecule has 112 valence electrons. The average molecular weight is 312 g/mol. The van der Waals surface area contributed by atoms with Crippen molar-refractivity contribution in [1.82, 2.24) is 5.32 Å². The monoisotopic (exact) mass is 311 g/mol. The van der Waals surface area contributed by atoms with E-state index in [-0.39, 0.29) is 12.4 Å². The Bertz CT molecular complexity index is 652. The second-order valence-corrected chi connectivity index (χ2v) is 4.65. The Balaban J connectivity index is 1.91. The molecule has 1 heterocycles. The van der Waals surface area contributed by atoms with Crippen molar-refractivity contribution in [3.05, 3.63) is 35.0 Å². The fourth-order valence-corrected chi connectivity index (χ4v) is 1.84. The van der Waals surface area contributed by atoms with Gasteiger partial charge in [0.15, 0.2) is 6.61 Å². The predicted molar refractivity (Wildman–Crippen MR) is 76.4 cm³/mol. The highest BCUT2D eigenvalue weighted by Gasteiger charge is 2.15. The van der Waals surface area contributed by atoms with E-state index in [9.17, 15) is 9.59 Å². The second-order valence-electron chi connectivity index (χ2n) is 4.21. The van der Waals surface area contributed by atoms with Crippen LogP contribution in [0.2, 0.25) is 5.02 Å². The van der Waals surface area contributed by atoms with Gasteiger partial charge in [-0.1, -0.05) is 11.6 Å². The van der Waals surface area contributed by atoms with E-state index in [0.29, 0.717) is 29.1 Å². The molecule has 0 fully saturated rings. The number of hydrogen-bond acceptors (Lipinski definition) is 5. The molecular weight excluding hydrogens is 298 g/mol. The van der Waals surface area contributed by atoms with E-state index in [2.05, 4.69) is 5.32 Å². The van der Waals surface area contributed by atoms with E-state index in [1.165, 1.54) is 13.2 Å². The number of hydrogen-bond donors (Lipinski definition) is 1. The number of nitrogens with one attached hydrogen (secondary N) is 1. The molecule has 0 spiro atoms. The molecular formula is C14H14ClNO5. The van der Waals surface area contributed by atoms with E-state index in [4.69, 9.17) is 25.5 Å². The lowest BCUT2D eigenvalue weighted by molar-refractivity contribution is -0.124. The van der Waals surface area contributed by atoms with Crippen LogP contribution in [0.3, 0.4) is 0 Å².